The molecular weight excluding hydrogens is 172 g/mol. The minimum Gasteiger partial charge on any atom is -0.504 e. The zero-order chi connectivity index (χ0) is 9.68. The van der Waals surface area contributed by atoms with Crippen LogP contribution in [0.25, 0.3) is 0 Å². The highest BCUT2D eigenvalue weighted by Crippen LogP contribution is 2.29. The summed E-state index contributed by atoms with van der Waals surface area (Å²) in [6.07, 6.45) is 0. The van der Waals surface area contributed by atoms with E-state index in [9.17, 15) is 5.11 Å². The number of aromatic hydroxyl groups is 1. The first-order chi connectivity index (χ1) is 6.27. The zero-order valence-corrected chi connectivity index (χ0v) is 7.61. The summed E-state index contributed by atoms with van der Waals surface area (Å²) in [5, 5.41) is 9.32. The molecule has 1 aromatic rings. The van der Waals surface area contributed by atoms with Gasteiger partial charge in [0.25, 0.3) is 0 Å². The Hall–Kier alpha value is -1.42. The summed E-state index contributed by atoms with van der Waals surface area (Å²) in [7, 11) is 3.06. The second kappa shape index (κ2) is 4.57. The summed E-state index contributed by atoms with van der Waals surface area (Å²) in [5.74, 6) is 1.04. The fraction of sp³-hybridized carbons (Fsp3) is 0.333. The number of ether oxygens (including phenoxy) is 3. The molecule has 0 aliphatic rings. The normalized spacial score (nSPS) is 9.69. The lowest BCUT2D eigenvalue weighted by atomic mass is 10.3. The van der Waals surface area contributed by atoms with Crippen LogP contribution in [0.3, 0.4) is 0 Å². The second-order valence-electron chi connectivity index (χ2n) is 2.38. The van der Waals surface area contributed by atoms with Crippen LogP contribution in [0.15, 0.2) is 18.2 Å². The fourth-order valence-electron chi connectivity index (χ4n) is 0.859. The topological polar surface area (TPSA) is 47.9 Å². The molecule has 1 N–H and O–H groups in total. The molecule has 0 fully saturated rings. The monoisotopic (exact) mass is 184 g/mol. The van der Waals surface area contributed by atoms with Gasteiger partial charge in [-0.05, 0) is 12.1 Å². The van der Waals surface area contributed by atoms with Crippen LogP contribution in [-0.2, 0) is 4.74 Å². The van der Waals surface area contributed by atoms with E-state index in [1.165, 1.54) is 13.2 Å². The van der Waals surface area contributed by atoms with Crippen molar-refractivity contribution in [2.45, 2.75) is 0 Å². The predicted molar refractivity (Wildman–Crippen MR) is 47.2 cm³/mol. The third-order valence-electron chi connectivity index (χ3n) is 1.50. The molecule has 1 aromatic carbocycles. The van der Waals surface area contributed by atoms with E-state index in [1.807, 2.05) is 0 Å². The van der Waals surface area contributed by atoms with Gasteiger partial charge in [-0.3, -0.25) is 0 Å². The molecule has 0 heterocycles. The highest BCUT2D eigenvalue weighted by Gasteiger charge is 2.03. The Labute approximate surface area is 76.7 Å². The van der Waals surface area contributed by atoms with Gasteiger partial charge in [-0.2, -0.15) is 0 Å². The van der Waals surface area contributed by atoms with E-state index in [0.29, 0.717) is 11.5 Å². The first-order valence-corrected chi connectivity index (χ1v) is 3.76. The largest absolute Gasteiger partial charge is 0.504 e. The van der Waals surface area contributed by atoms with Crippen LogP contribution in [-0.4, -0.2) is 26.1 Å². The van der Waals surface area contributed by atoms with Gasteiger partial charge in [0.2, 0.25) is 0 Å². The third-order valence-corrected chi connectivity index (χ3v) is 1.50. The molecular formula is C9H12O4. The molecule has 0 saturated heterocycles. The Balaban J connectivity index is 2.78. The molecule has 0 aliphatic carbocycles. The molecule has 0 saturated carbocycles. The number of phenolic OH excluding ortho intramolecular Hbond substituents is 1. The van der Waals surface area contributed by atoms with Crippen molar-refractivity contribution in [2.75, 3.05) is 21.0 Å². The highest BCUT2D eigenvalue weighted by molar-refractivity contribution is 5.44. The van der Waals surface area contributed by atoms with Gasteiger partial charge in [-0.15, -0.1) is 0 Å². The van der Waals surface area contributed by atoms with E-state index < -0.39 is 0 Å². The number of benzene rings is 1. The van der Waals surface area contributed by atoms with Crippen molar-refractivity contribution in [3.8, 4) is 17.2 Å². The summed E-state index contributed by atoms with van der Waals surface area (Å²) in [4.78, 5) is 0. The summed E-state index contributed by atoms with van der Waals surface area (Å²) in [6, 6.07) is 4.74. The van der Waals surface area contributed by atoms with Crippen molar-refractivity contribution in [2.24, 2.45) is 0 Å². The van der Waals surface area contributed by atoms with Crippen molar-refractivity contribution < 1.29 is 19.3 Å². The number of methoxy groups -OCH3 is 2. The first-order valence-electron chi connectivity index (χ1n) is 3.76. The standard InChI is InChI=1S/C9H12O4/c1-11-6-13-9-5-7(12-2)3-4-8(9)10/h3-5,10H,6H2,1-2H3. The van der Waals surface area contributed by atoms with Crippen molar-refractivity contribution in [3.63, 3.8) is 0 Å². The lowest BCUT2D eigenvalue weighted by Crippen LogP contribution is -1.99. The summed E-state index contributed by atoms with van der Waals surface area (Å²) in [6.45, 7) is 0.0979. The van der Waals surface area contributed by atoms with E-state index in [2.05, 4.69) is 0 Å². The third kappa shape index (κ3) is 2.52. The molecule has 0 aromatic heterocycles. The van der Waals surface area contributed by atoms with E-state index in [0.717, 1.165) is 0 Å². The van der Waals surface area contributed by atoms with Crippen LogP contribution >= 0.6 is 0 Å². The highest BCUT2D eigenvalue weighted by atomic mass is 16.7. The van der Waals surface area contributed by atoms with Gasteiger partial charge in [-0.25, -0.2) is 0 Å². The SMILES string of the molecule is COCOc1cc(OC)ccc1O. The number of hydrogen-bond donors (Lipinski definition) is 1. The molecule has 0 atom stereocenters. The lowest BCUT2D eigenvalue weighted by molar-refractivity contribution is 0.0490. The lowest BCUT2D eigenvalue weighted by Gasteiger charge is -2.07. The number of rotatable bonds is 4. The van der Waals surface area contributed by atoms with Gasteiger partial charge < -0.3 is 19.3 Å². The average molecular weight is 184 g/mol. The van der Waals surface area contributed by atoms with E-state index in [1.54, 1.807) is 19.2 Å². The molecule has 0 unspecified atom stereocenters. The summed E-state index contributed by atoms with van der Waals surface area (Å²) < 4.78 is 14.7. The Morgan fingerprint density at radius 3 is 2.69 bits per heavy atom. The maximum Gasteiger partial charge on any atom is 0.188 e. The maximum atomic E-state index is 9.32. The molecule has 1 rings (SSSR count). The minimum atomic E-state index is 0.0675. The quantitative estimate of drug-likeness (QED) is 0.718. The van der Waals surface area contributed by atoms with E-state index in [4.69, 9.17) is 14.2 Å². The smallest absolute Gasteiger partial charge is 0.188 e. The van der Waals surface area contributed by atoms with E-state index in [-0.39, 0.29) is 12.5 Å². The van der Waals surface area contributed by atoms with Gasteiger partial charge in [0, 0.05) is 13.2 Å². The van der Waals surface area contributed by atoms with Crippen molar-refractivity contribution in [1.82, 2.24) is 0 Å². The maximum absolute atomic E-state index is 9.32. The second-order valence-corrected chi connectivity index (χ2v) is 2.38. The van der Waals surface area contributed by atoms with Gasteiger partial charge in [0.1, 0.15) is 5.75 Å². The molecule has 4 nitrogen and oxygen atoms in total. The molecule has 13 heavy (non-hydrogen) atoms. The molecule has 0 spiro atoms. The minimum absolute atomic E-state index is 0.0675. The molecule has 0 amide bonds. The van der Waals surface area contributed by atoms with Crippen molar-refractivity contribution in [1.29, 1.82) is 0 Å². The van der Waals surface area contributed by atoms with Crippen LogP contribution in [0.4, 0.5) is 0 Å². The Kier molecular flexibility index (Phi) is 3.40. The summed E-state index contributed by atoms with van der Waals surface area (Å²) >= 11 is 0. The first kappa shape index (κ1) is 9.67. The van der Waals surface area contributed by atoms with Gasteiger partial charge in [-0.1, -0.05) is 0 Å². The Morgan fingerprint density at radius 2 is 2.08 bits per heavy atom. The Morgan fingerprint density at radius 1 is 1.31 bits per heavy atom. The van der Waals surface area contributed by atoms with Crippen LogP contribution in [0.1, 0.15) is 0 Å². The molecule has 0 aliphatic heterocycles. The molecule has 72 valence electrons. The zero-order valence-electron chi connectivity index (χ0n) is 7.61. The fourth-order valence-corrected chi connectivity index (χ4v) is 0.859. The van der Waals surface area contributed by atoms with Crippen LogP contribution in [0.2, 0.25) is 0 Å². The predicted octanol–water partition coefficient (Wildman–Crippen LogP) is 1.38. The van der Waals surface area contributed by atoms with Gasteiger partial charge in [0.05, 0.1) is 7.11 Å². The molecule has 0 radical (unpaired) electrons. The van der Waals surface area contributed by atoms with Gasteiger partial charge >= 0.3 is 0 Å². The summed E-state index contributed by atoms with van der Waals surface area (Å²) in [5.41, 5.74) is 0. The van der Waals surface area contributed by atoms with Crippen molar-refractivity contribution >= 4 is 0 Å². The van der Waals surface area contributed by atoms with Crippen LogP contribution in [0, 0.1) is 0 Å². The van der Waals surface area contributed by atoms with Crippen LogP contribution < -0.4 is 9.47 Å². The van der Waals surface area contributed by atoms with E-state index >= 15 is 0 Å². The molecule has 4 heteroatoms. The van der Waals surface area contributed by atoms with Crippen LogP contribution in [0.5, 0.6) is 17.2 Å². The molecule has 0 bridgehead atoms. The average Bonchev–Trinajstić information content (AvgIpc) is 2.17. The number of hydrogen-bond acceptors (Lipinski definition) is 4. The van der Waals surface area contributed by atoms with Gasteiger partial charge in [0.15, 0.2) is 18.3 Å². The Bertz CT molecular complexity index is 272. The van der Waals surface area contributed by atoms with Crippen molar-refractivity contribution in [3.05, 3.63) is 18.2 Å². The number of phenols is 1.